The number of amides is 1. The number of methoxy groups -OCH3 is 1. The van der Waals surface area contributed by atoms with E-state index in [4.69, 9.17) is 16.3 Å². The van der Waals surface area contributed by atoms with E-state index < -0.39 is 5.91 Å². The van der Waals surface area contributed by atoms with E-state index in [0.29, 0.717) is 22.4 Å². The minimum absolute atomic E-state index is 0.0481. The second-order valence-electron chi connectivity index (χ2n) is 7.27. The first-order valence-corrected chi connectivity index (χ1v) is 9.40. The van der Waals surface area contributed by atoms with Crippen LogP contribution in [0, 0.1) is 29.1 Å². The molecule has 1 aromatic rings. The minimum atomic E-state index is -0.457. The number of hydrogen-bond donors (Lipinski definition) is 2. The molecule has 5 nitrogen and oxygen atoms in total. The highest BCUT2D eigenvalue weighted by atomic mass is 35.5. The van der Waals surface area contributed by atoms with Crippen molar-refractivity contribution in [1.82, 2.24) is 5.32 Å². The number of nitrogens with one attached hydrogen (secondary N) is 2. The van der Waals surface area contributed by atoms with Gasteiger partial charge in [0.05, 0.1) is 12.1 Å². The zero-order valence-electron chi connectivity index (χ0n) is 15.1. The summed E-state index contributed by atoms with van der Waals surface area (Å²) in [5.74, 6) is 2.37. The highest BCUT2D eigenvalue weighted by molar-refractivity contribution is 6.32. The molecule has 138 valence electrons. The Labute approximate surface area is 159 Å². The SMILES string of the molecule is COc1ccc(NC(=O)/C(C#N)=C\NC(C)C2CC3CCC2C3)cc1Cl. The van der Waals surface area contributed by atoms with Crippen molar-refractivity contribution in [1.29, 1.82) is 5.26 Å². The second kappa shape index (κ2) is 8.01. The molecule has 0 aliphatic heterocycles. The molecule has 1 amide bonds. The van der Waals surface area contributed by atoms with Crippen LogP contribution in [0.15, 0.2) is 30.0 Å². The van der Waals surface area contributed by atoms with Crippen LogP contribution in [0.5, 0.6) is 5.75 Å². The van der Waals surface area contributed by atoms with Crippen molar-refractivity contribution >= 4 is 23.2 Å². The number of ether oxygens (including phenoxy) is 1. The van der Waals surface area contributed by atoms with Gasteiger partial charge in [-0.2, -0.15) is 5.26 Å². The number of benzene rings is 1. The molecule has 0 spiro atoms. The molecule has 0 heterocycles. The summed E-state index contributed by atoms with van der Waals surface area (Å²) in [6, 6.07) is 7.18. The molecule has 4 atom stereocenters. The zero-order chi connectivity index (χ0) is 18.7. The number of carbonyl (C=O) groups excluding carboxylic acids is 1. The Hall–Kier alpha value is -2.19. The third-order valence-corrected chi connectivity index (χ3v) is 6.00. The van der Waals surface area contributed by atoms with Crippen LogP contribution in [0.3, 0.4) is 0 Å². The van der Waals surface area contributed by atoms with Gasteiger partial charge in [-0.1, -0.05) is 18.0 Å². The van der Waals surface area contributed by atoms with Gasteiger partial charge in [-0.3, -0.25) is 4.79 Å². The van der Waals surface area contributed by atoms with Crippen molar-refractivity contribution in [3.8, 4) is 11.8 Å². The lowest BCUT2D eigenvalue weighted by Gasteiger charge is -2.28. The number of halogens is 1. The number of rotatable bonds is 6. The average molecular weight is 374 g/mol. The Kier molecular flexibility index (Phi) is 5.73. The summed E-state index contributed by atoms with van der Waals surface area (Å²) in [4.78, 5) is 12.4. The van der Waals surface area contributed by atoms with Crippen LogP contribution in [-0.4, -0.2) is 19.1 Å². The van der Waals surface area contributed by atoms with Crippen LogP contribution in [0.2, 0.25) is 5.02 Å². The summed E-state index contributed by atoms with van der Waals surface area (Å²) in [6.45, 7) is 2.14. The predicted molar refractivity (Wildman–Crippen MR) is 102 cm³/mol. The van der Waals surface area contributed by atoms with Crippen LogP contribution >= 0.6 is 11.6 Å². The Bertz CT molecular complexity index is 756. The van der Waals surface area contributed by atoms with Crippen LogP contribution in [0.25, 0.3) is 0 Å². The molecule has 1 aromatic carbocycles. The van der Waals surface area contributed by atoms with Crippen LogP contribution < -0.4 is 15.4 Å². The Balaban J connectivity index is 1.60. The smallest absolute Gasteiger partial charge is 0.267 e. The van der Waals surface area contributed by atoms with Gasteiger partial charge in [-0.05, 0) is 62.1 Å². The summed E-state index contributed by atoms with van der Waals surface area (Å²) in [5.41, 5.74) is 0.565. The fraction of sp³-hybridized carbons (Fsp3) is 0.500. The van der Waals surface area contributed by atoms with Gasteiger partial charge in [0.2, 0.25) is 0 Å². The lowest BCUT2D eigenvalue weighted by Crippen LogP contribution is -2.33. The highest BCUT2D eigenvalue weighted by Gasteiger charge is 2.41. The first-order valence-electron chi connectivity index (χ1n) is 9.03. The number of nitriles is 1. The molecule has 0 radical (unpaired) electrons. The summed E-state index contributed by atoms with van der Waals surface area (Å²) in [6.07, 6.45) is 6.81. The molecule has 2 bridgehead atoms. The molecule has 6 heteroatoms. The summed E-state index contributed by atoms with van der Waals surface area (Å²) in [5, 5.41) is 15.7. The largest absolute Gasteiger partial charge is 0.495 e. The quantitative estimate of drug-likeness (QED) is 0.581. The van der Waals surface area contributed by atoms with E-state index in [1.807, 2.05) is 6.07 Å². The maximum absolute atomic E-state index is 12.4. The third-order valence-electron chi connectivity index (χ3n) is 5.70. The van der Waals surface area contributed by atoms with Gasteiger partial charge in [0.15, 0.2) is 0 Å². The van der Waals surface area contributed by atoms with Crippen molar-refractivity contribution in [2.45, 2.75) is 38.6 Å². The van der Waals surface area contributed by atoms with E-state index in [2.05, 4.69) is 17.6 Å². The lowest BCUT2D eigenvalue weighted by molar-refractivity contribution is -0.112. The van der Waals surface area contributed by atoms with Crippen molar-refractivity contribution in [3.63, 3.8) is 0 Å². The monoisotopic (exact) mass is 373 g/mol. The second-order valence-corrected chi connectivity index (χ2v) is 7.67. The number of nitrogens with zero attached hydrogens (tertiary/aromatic N) is 1. The number of anilines is 1. The van der Waals surface area contributed by atoms with Gasteiger partial charge in [0.1, 0.15) is 17.4 Å². The molecular weight excluding hydrogens is 350 g/mol. The Morgan fingerprint density at radius 3 is 2.81 bits per heavy atom. The molecule has 3 rings (SSSR count). The lowest BCUT2D eigenvalue weighted by atomic mass is 9.84. The molecule has 26 heavy (non-hydrogen) atoms. The Morgan fingerprint density at radius 2 is 2.23 bits per heavy atom. The van der Waals surface area contributed by atoms with E-state index >= 15 is 0 Å². The fourth-order valence-electron chi connectivity index (χ4n) is 4.34. The minimum Gasteiger partial charge on any atom is -0.495 e. The highest BCUT2D eigenvalue weighted by Crippen LogP contribution is 2.49. The van der Waals surface area contributed by atoms with E-state index in [-0.39, 0.29) is 11.6 Å². The number of fused-ring (bicyclic) bond motifs is 2. The van der Waals surface area contributed by atoms with Crippen LogP contribution in [0.1, 0.15) is 32.6 Å². The van der Waals surface area contributed by atoms with Crippen molar-refractivity contribution in [2.24, 2.45) is 17.8 Å². The number of carbonyl (C=O) groups is 1. The van der Waals surface area contributed by atoms with Gasteiger partial charge < -0.3 is 15.4 Å². The summed E-state index contributed by atoms with van der Waals surface area (Å²) >= 11 is 6.06. The van der Waals surface area contributed by atoms with Gasteiger partial charge in [-0.15, -0.1) is 0 Å². The van der Waals surface area contributed by atoms with Crippen molar-refractivity contribution in [3.05, 3.63) is 35.0 Å². The van der Waals surface area contributed by atoms with Gasteiger partial charge >= 0.3 is 0 Å². The third kappa shape index (κ3) is 3.96. The fourth-order valence-corrected chi connectivity index (χ4v) is 4.59. The average Bonchev–Trinajstić information content (AvgIpc) is 3.25. The molecule has 2 aliphatic carbocycles. The van der Waals surface area contributed by atoms with E-state index in [9.17, 15) is 10.1 Å². The first-order chi connectivity index (χ1) is 12.5. The maximum atomic E-state index is 12.4. The molecule has 2 saturated carbocycles. The zero-order valence-corrected chi connectivity index (χ0v) is 15.8. The molecule has 2 aliphatic rings. The topological polar surface area (TPSA) is 74.1 Å². The first kappa shape index (κ1) is 18.6. The van der Waals surface area contributed by atoms with E-state index in [1.54, 1.807) is 18.2 Å². The van der Waals surface area contributed by atoms with Gasteiger partial charge in [0, 0.05) is 17.9 Å². The van der Waals surface area contributed by atoms with Crippen molar-refractivity contribution in [2.75, 3.05) is 12.4 Å². The van der Waals surface area contributed by atoms with E-state index in [1.165, 1.54) is 39.0 Å². The molecule has 0 aromatic heterocycles. The number of hydrogen-bond acceptors (Lipinski definition) is 4. The molecular formula is C20H24ClN3O2. The van der Waals surface area contributed by atoms with Crippen LogP contribution in [-0.2, 0) is 4.79 Å². The molecule has 2 fully saturated rings. The van der Waals surface area contributed by atoms with Gasteiger partial charge in [0.25, 0.3) is 5.91 Å². The standard InChI is InChI=1S/C20H24ClN3O2/c1-12(17-8-13-3-4-14(17)7-13)23-11-15(10-22)20(25)24-16-5-6-19(26-2)18(21)9-16/h5-6,9,11-14,17,23H,3-4,7-8H2,1-2H3,(H,24,25)/b15-11-. The predicted octanol–water partition coefficient (Wildman–Crippen LogP) is 4.11. The van der Waals surface area contributed by atoms with Crippen LogP contribution in [0.4, 0.5) is 5.69 Å². The molecule has 2 N–H and O–H groups in total. The summed E-state index contributed by atoms with van der Waals surface area (Å²) in [7, 11) is 1.53. The van der Waals surface area contributed by atoms with Crippen molar-refractivity contribution < 1.29 is 9.53 Å². The molecule has 0 saturated heterocycles. The van der Waals surface area contributed by atoms with Gasteiger partial charge in [-0.25, -0.2) is 0 Å². The van der Waals surface area contributed by atoms with E-state index in [0.717, 1.165) is 11.8 Å². The molecule has 4 unspecified atom stereocenters. The maximum Gasteiger partial charge on any atom is 0.267 e. The summed E-state index contributed by atoms with van der Waals surface area (Å²) < 4.78 is 5.09. The normalized spacial score (nSPS) is 25.5. The Morgan fingerprint density at radius 1 is 1.42 bits per heavy atom.